The molecule has 3 atom stereocenters. The van der Waals surface area contributed by atoms with Crippen LogP contribution in [-0.4, -0.2) is 53.7 Å². The van der Waals surface area contributed by atoms with Crippen LogP contribution < -0.4 is 5.32 Å². The van der Waals surface area contributed by atoms with Crippen LogP contribution in [0.1, 0.15) is 49.7 Å². The number of nitrogens with zero attached hydrogens (tertiary/aromatic N) is 1. The van der Waals surface area contributed by atoms with E-state index in [4.69, 9.17) is 4.74 Å². The number of carboxylic acids is 1. The van der Waals surface area contributed by atoms with Gasteiger partial charge in [0.15, 0.2) is 0 Å². The van der Waals surface area contributed by atoms with Crippen LogP contribution in [0.3, 0.4) is 0 Å². The van der Waals surface area contributed by atoms with Gasteiger partial charge in [-0.1, -0.05) is 55.5 Å². The number of amides is 2. The maximum absolute atomic E-state index is 13.0. The van der Waals surface area contributed by atoms with Gasteiger partial charge in [-0.05, 0) is 53.4 Å². The highest BCUT2D eigenvalue weighted by molar-refractivity contribution is 5.80. The average Bonchev–Trinajstić information content (AvgIpc) is 3.65. The summed E-state index contributed by atoms with van der Waals surface area (Å²) in [6.07, 6.45) is 2.28. The number of benzene rings is 2. The first-order valence-corrected chi connectivity index (χ1v) is 12.5. The van der Waals surface area contributed by atoms with Crippen molar-refractivity contribution >= 4 is 18.0 Å². The van der Waals surface area contributed by atoms with E-state index < -0.39 is 18.0 Å². The third-order valence-electron chi connectivity index (χ3n) is 7.86. The molecule has 1 saturated carbocycles. The molecule has 0 radical (unpaired) electrons. The Hall–Kier alpha value is -3.35. The summed E-state index contributed by atoms with van der Waals surface area (Å²) in [4.78, 5) is 38.9. The number of carbonyl (C=O) groups is 3. The van der Waals surface area contributed by atoms with E-state index in [9.17, 15) is 19.5 Å². The number of nitrogens with one attached hydrogen (secondary N) is 1. The predicted molar refractivity (Wildman–Crippen MR) is 131 cm³/mol. The fraction of sp³-hybridized carbons (Fsp3) is 0.464. The Morgan fingerprint density at radius 2 is 1.66 bits per heavy atom. The first-order valence-electron chi connectivity index (χ1n) is 12.5. The minimum absolute atomic E-state index is 0.0163. The van der Waals surface area contributed by atoms with Gasteiger partial charge in [0.1, 0.15) is 6.61 Å². The van der Waals surface area contributed by atoms with Gasteiger partial charge in [0.05, 0.1) is 5.92 Å². The molecule has 0 bridgehead atoms. The fourth-order valence-corrected chi connectivity index (χ4v) is 5.56. The molecule has 0 aromatic heterocycles. The molecule has 2 aliphatic carbocycles. The van der Waals surface area contributed by atoms with E-state index in [1.165, 1.54) is 11.1 Å². The Balaban J connectivity index is 1.19. The lowest BCUT2D eigenvalue weighted by Gasteiger charge is -2.35. The molecule has 1 heterocycles. The van der Waals surface area contributed by atoms with Crippen LogP contribution in [-0.2, 0) is 14.3 Å². The number of fused-ring (bicyclic) bond motifs is 3. The third kappa shape index (κ3) is 4.90. The molecule has 2 fully saturated rings. The van der Waals surface area contributed by atoms with Crippen molar-refractivity contribution in [2.45, 2.75) is 44.6 Å². The number of piperidine rings is 1. The molecular weight excluding hydrogens is 444 g/mol. The Labute approximate surface area is 205 Å². The van der Waals surface area contributed by atoms with Crippen molar-refractivity contribution in [3.63, 3.8) is 0 Å². The molecule has 2 aromatic carbocycles. The second-order valence-electron chi connectivity index (χ2n) is 10.2. The van der Waals surface area contributed by atoms with Gasteiger partial charge in [-0.3, -0.25) is 9.59 Å². The summed E-state index contributed by atoms with van der Waals surface area (Å²) >= 11 is 0. The summed E-state index contributed by atoms with van der Waals surface area (Å²) in [7, 11) is 0. The molecule has 2 amide bonds. The highest BCUT2D eigenvalue weighted by atomic mass is 16.5. The molecule has 2 aromatic rings. The first kappa shape index (κ1) is 23.4. The fourth-order valence-electron chi connectivity index (χ4n) is 5.56. The SMILES string of the molecule is CC1CCN(C(=O)CC(NC(=O)OCC2c3ccccc3-c3ccccc32)C2CC2)CC1C(=O)O. The number of hydrogen-bond acceptors (Lipinski definition) is 4. The van der Waals surface area contributed by atoms with Gasteiger partial charge >= 0.3 is 12.1 Å². The van der Waals surface area contributed by atoms with Crippen LogP contribution in [0.5, 0.6) is 0 Å². The standard InChI is InChI=1S/C28H32N2O5/c1-17-12-13-30(15-23(17)27(32)33)26(31)14-25(18-10-11-18)29-28(34)35-16-24-21-8-4-2-6-19(21)20-7-3-5-9-22(20)24/h2-9,17-18,23-25H,10-16H2,1H3,(H,29,34)(H,32,33). The number of aliphatic carboxylic acids is 1. The van der Waals surface area contributed by atoms with E-state index >= 15 is 0 Å². The zero-order valence-corrected chi connectivity index (χ0v) is 20.0. The zero-order chi connectivity index (χ0) is 24.5. The number of carboxylic acid groups (broad SMARTS) is 1. The van der Waals surface area contributed by atoms with E-state index in [-0.39, 0.29) is 49.3 Å². The second kappa shape index (κ2) is 9.72. The quantitative estimate of drug-likeness (QED) is 0.622. The first-order chi connectivity index (χ1) is 16.9. The summed E-state index contributed by atoms with van der Waals surface area (Å²) in [5.41, 5.74) is 4.66. The van der Waals surface area contributed by atoms with Crippen LogP contribution in [0.15, 0.2) is 48.5 Å². The van der Waals surface area contributed by atoms with Crippen LogP contribution in [0.2, 0.25) is 0 Å². The normalized spacial score (nSPS) is 22.1. The van der Waals surface area contributed by atoms with Crippen molar-refractivity contribution in [1.29, 1.82) is 0 Å². The summed E-state index contributed by atoms with van der Waals surface area (Å²) in [5.74, 6) is -1.20. The molecule has 184 valence electrons. The topological polar surface area (TPSA) is 95.9 Å². The monoisotopic (exact) mass is 476 g/mol. The Bertz CT molecular complexity index is 1080. The van der Waals surface area contributed by atoms with Crippen molar-refractivity contribution < 1.29 is 24.2 Å². The molecule has 2 N–H and O–H groups in total. The number of carbonyl (C=O) groups excluding carboxylic acids is 2. The third-order valence-corrected chi connectivity index (χ3v) is 7.86. The molecule has 3 unspecified atom stereocenters. The Kier molecular flexibility index (Phi) is 6.50. The summed E-state index contributed by atoms with van der Waals surface area (Å²) in [6, 6.07) is 16.1. The number of rotatable bonds is 7. The highest BCUT2D eigenvalue weighted by Crippen LogP contribution is 2.44. The van der Waals surface area contributed by atoms with E-state index in [1.54, 1.807) is 4.90 Å². The highest BCUT2D eigenvalue weighted by Gasteiger charge is 2.38. The molecule has 35 heavy (non-hydrogen) atoms. The van der Waals surface area contributed by atoms with Gasteiger partial charge in [0, 0.05) is 31.5 Å². The van der Waals surface area contributed by atoms with Crippen molar-refractivity contribution in [3.8, 4) is 11.1 Å². The predicted octanol–water partition coefficient (Wildman–Crippen LogP) is 4.26. The van der Waals surface area contributed by atoms with E-state index in [0.717, 1.165) is 24.0 Å². The number of likely N-dealkylation sites (tertiary alicyclic amines) is 1. The molecule has 5 rings (SSSR count). The minimum Gasteiger partial charge on any atom is -0.481 e. The molecule has 7 heteroatoms. The molecular formula is C28H32N2O5. The Morgan fingerprint density at radius 3 is 2.26 bits per heavy atom. The molecule has 1 aliphatic heterocycles. The van der Waals surface area contributed by atoms with Gasteiger partial charge < -0.3 is 20.1 Å². The summed E-state index contributed by atoms with van der Waals surface area (Å²) < 4.78 is 5.69. The van der Waals surface area contributed by atoms with Crippen LogP contribution in [0.4, 0.5) is 4.79 Å². The van der Waals surface area contributed by atoms with Crippen molar-refractivity contribution in [1.82, 2.24) is 10.2 Å². The van der Waals surface area contributed by atoms with Crippen molar-refractivity contribution in [3.05, 3.63) is 59.7 Å². The lowest BCUT2D eigenvalue weighted by molar-refractivity contribution is -0.148. The average molecular weight is 477 g/mol. The summed E-state index contributed by atoms with van der Waals surface area (Å²) in [5, 5.41) is 12.4. The van der Waals surface area contributed by atoms with E-state index in [2.05, 4.69) is 29.6 Å². The number of alkyl carbamates (subject to hydrolysis) is 1. The number of ether oxygens (including phenoxy) is 1. The largest absolute Gasteiger partial charge is 0.481 e. The zero-order valence-electron chi connectivity index (χ0n) is 20.0. The second-order valence-corrected chi connectivity index (χ2v) is 10.2. The Morgan fingerprint density at radius 1 is 1.03 bits per heavy atom. The maximum atomic E-state index is 13.0. The van der Waals surface area contributed by atoms with Crippen LogP contribution >= 0.6 is 0 Å². The molecule has 1 saturated heterocycles. The van der Waals surface area contributed by atoms with Gasteiger partial charge in [-0.25, -0.2) is 4.79 Å². The van der Waals surface area contributed by atoms with E-state index in [1.807, 2.05) is 31.2 Å². The van der Waals surface area contributed by atoms with Gasteiger partial charge in [-0.15, -0.1) is 0 Å². The van der Waals surface area contributed by atoms with Crippen LogP contribution in [0, 0.1) is 17.8 Å². The lowest BCUT2D eigenvalue weighted by atomic mass is 9.87. The summed E-state index contributed by atoms with van der Waals surface area (Å²) in [6.45, 7) is 2.95. The van der Waals surface area contributed by atoms with Crippen molar-refractivity contribution in [2.75, 3.05) is 19.7 Å². The van der Waals surface area contributed by atoms with E-state index in [0.29, 0.717) is 13.0 Å². The minimum atomic E-state index is -0.856. The van der Waals surface area contributed by atoms with Crippen LogP contribution in [0.25, 0.3) is 11.1 Å². The van der Waals surface area contributed by atoms with Gasteiger partial charge in [0.2, 0.25) is 5.91 Å². The lowest BCUT2D eigenvalue weighted by Crippen LogP contribution is -2.48. The molecule has 7 nitrogen and oxygen atoms in total. The van der Waals surface area contributed by atoms with Gasteiger partial charge in [0.25, 0.3) is 0 Å². The van der Waals surface area contributed by atoms with Gasteiger partial charge in [-0.2, -0.15) is 0 Å². The maximum Gasteiger partial charge on any atom is 0.407 e. The number of hydrogen-bond donors (Lipinski definition) is 2. The van der Waals surface area contributed by atoms with Crippen molar-refractivity contribution in [2.24, 2.45) is 17.8 Å². The molecule has 3 aliphatic rings. The smallest absolute Gasteiger partial charge is 0.407 e. The molecule has 0 spiro atoms.